The Morgan fingerprint density at radius 3 is 2.93 bits per heavy atom. The Hall–Kier alpha value is -2.70. The van der Waals surface area contributed by atoms with Gasteiger partial charge in [0.2, 0.25) is 0 Å². The lowest BCUT2D eigenvalue weighted by Crippen LogP contribution is -2.35. The zero-order valence-electron chi connectivity index (χ0n) is 16.1. The van der Waals surface area contributed by atoms with Gasteiger partial charge >= 0.3 is 0 Å². The first-order valence-corrected chi connectivity index (χ1v) is 10.8. The van der Waals surface area contributed by atoms with Crippen molar-refractivity contribution in [2.75, 3.05) is 13.2 Å². The van der Waals surface area contributed by atoms with E-state index in [0.29, 0.717) is 24.5 Å². The maximum Gasteiger partial charge on any atom is 0.251 e. The molecule has 1 N–H and O–H groups in total. The average molecular weight is 409 g/mol. The second kappa shape index (κ2) is 9.67. The molecular formula is C23H24N2O3S. The number of carbonyl (C=O) groups is 1. The van der Waals surface area contributed by atoms with E-state index in [-0.39, 0.29) is 17.9 Å². The van der Waals surface area contributed by atoms with Gasteiger partial charge in [-0.15, -0.1) is 11.3 Å². The van der Waals surface area contributed by atoms with Gasteiger partial charge < -0.3 is 14.8 Å². The van der Waals surface area contributed by atoms with Crippen molar-refractivity contribution in [3.63, 3.8) is 0 Å². The van der Waals surface area contributed by atoms with Gasteiger partial charge in [-0.25, -0.2) is 4.98 Å². The summed E-state index contributed by atoms with van der Waals surface area (Å²) in [5.74, 6) is 0.828. The maximum absolute atomic E-state index is 12.7. The molecule has 2 unspecified atom stereocenters. The highest BCUT2D eigenvalue weighted by molar-refractivity contribution is 7.07. The van der Waals surface area contributed by atoms with Crippen molar-refractivity contribution in [2.24, 2.45) is 5.92 Å². The van der Waals surface area contributed by atoms with Gasteiger partial charge in [0.1, 0.15) is 12.4 Å². The summed E-state index contributed by atoms with van der Waals surface area (Å²) in [4.78, 5) is 16.9. The second-order valence-corrected chi connectivity index (χ2v) is 7.83. The number of carbonyl (C=O) groups excluding carboxylic acids is 1. The highest BCUT2D eigenvalue weighted by Gasteiger charge is 2.27. The summed E-state index contributed by atoms with van der Waals surface area (Å²) in [5, 5.41) is 5.03. The molecular weight excluding hydrogens is 384 g/mol. The van der Waals surface area contributed by atoms with Crippen molar-refractivity contribution >= 4 is 17.2 Å². The number of hydrogen-bond acceptors (Lipinski definition) is 5. The third kappa shape index (κ3) is 5.22. The quantitative estimate of drug-likeness (QED) is 0.620. The molecule has 1 aromatic heterocycles. The average Bonchev–Trinajstić information content (AvgIpc) is 3.31. The Labute approximate surface area is 174 Å². The summed E-state index contributed by atoms with van der Waals surface area (Å²) < 4.78 is 11.8. The monoisotopic (exact) mass is 408 g/mol. The van der Waals surface area contributed by atoms with Crippen LogP contribution in [-0.4, -0.2) is 24.0 Å². The van der Waals surface area contributed by atoms with Gasteiger partial charge in [-0.05, 0) is 36.6 Å². The molecule has 1 amide bonds. The zero-order chi connectivity index (χ0) is 19.9. The first-order valence-electron chi connectivity index (χ1n) is 9.84. The van der Waals surface area contributed by atoms with Crippen LogP contribution >= 0.6 is 11.3 Å². The van der Waals surface area contributed by atoms with E-state index in [0.717, 1.165) is 25.1 Å². The molecule has 2 heterocycles. The normalized spacial score (nSPS) is 18.9. The van der Waals surface area contributed by atoms with E-state index in [1.54, 1.807) is 17.6 Å². The lowest BCUT2D eigenvalue weighted by Gasteiger charge is -2.32. The SMILES string of the molecule is O=C(NCC1CCCOC1c1ccccc1)c1cccc(OCc2cscn2)c1. The summed E-state index contributed by atoms with van der Waals surface area (Å²) >= 11 is 1.54. The first-order chi connectivity index (χ1) is 14.3. The standard InChI is InChI=1S/C23H24N2O3S/c26-23(18-8-4-10-21(12-18)28-14-20-15-29-16-25-20)24-13-19-9-5-11-27-22(19)17-6-2-1-3-7-17/h1-4,6-8,10,12,15-16,19,22H,5,9,11,13-14H2,(H,24,26). The fourth-order valence-electron chi connectivity index (χ4n) is 3.58. The molecule has 6 heteroatoms. The van der Waals surface area contributed by atoms with Crippen molar-refractivity contribution in [2.45, 2.75) is 25.6 Å². The minimum atomic E-state index is -0.0958. The Bertz CT molecular complexity index is 915. The van der Waals surface area contributed by atoms with Crippen molar-refractivity contribution in [3.8, 4) is 5.75 Å². The predicted octanol–water partition coefficient (Wildman–Crippen LogP) is 4.62. The Kier molecular flexibility index (Phi) is 6.54. The van der Waals surface area contributed by atoms with Crippen molar-refractivity contribution < 1.29 is 14.3 Å². The number of rotatable bonds is 7. The molecule has 0 aliphatic carbocycles. The number of nitrogens with one attached hydrogen (secondary N) is 1. The number of aromatic nitrogens is 1. The summed E-state index contributed by atoms with van der Waals surface area (Å²) in [6, 6.07) is 17.5. The largest absolute Gasteiger partial charge is 0.487 e. The van der Waals surface area contributed by atoms with E-state index in [4.69, 9.17) is 9.47 Å². The molecule has 1 aliphatic heterocycles. The van der Waals surface area contributed by atoms with E-state index in [2.05, 4.69) is 22.4 Å². The van der Waals surface area contributed by atoms with Crippen LogP contribution in [0.15, 0.2) is 65.5 Å². The Balaban J connectivity index is 1.35. The van der Waals surface area contributed by atoms with Gasteiger partial charge in [-0.3, -0.25) is 4.79 Å². The summed E-state index contributed by atoms with van der Waals surface area (Å²) in [6.45, 7) is 1.75. The third-order valence-corrected chi connectivity index (χ3v) is 5.70. The van der Waals surface area contributed by atoms with Crippen LogP contribution < -0.4 is 10.1 Å². The molecule has 1 fully saturated rings. The minimum Gasteiger partial charge on any atom is -0.487 e. The Morgan fingerprint density at radius 2 is 2.10 bits per heavy atom. The molecule has 4 rings (SSSR count). The molecule has 5 nitrogen and oxygen atoms in total. The fraction of sp³-hybridized carbons (Fsp3) is 0.304. The molecule has 0 bridgehead atoms. The number of thiazole rings is 1. The van der Waals surface area contributed by atoms with Gasteiger partial charge in [0.25, 0.3) is 5.91 Å². The van der Waals surface area contributed by atoms with Crippen molar-refractivity contribution in [1.82, 2.24) is 10.3 Å². The highest BCUT2D eigenvalue weighted by atomic mass is 32.1. The maximum atomic E-state index is 12.7. The summed E-state index contributed by atoms with van der Waals surface area (Å²) in [7, 11) is 0. The van der Waals surface area contributed by atoms with Crippen LogP contribution in [0.2, 0.25) is 0 Å². The van der Waals surface area contributed by atoms with Gasteiger partial charge in [0, 0.05) is 30.0 Å². The second-order valence-electron chi connectivity index (χ2n) is 7.11. The van der Waals surface area contributed by atoms with Crippen molar-refractivity contribution in [1.29, 1.82) is 0 Å². The molecule has 1 aliphatic rings. The van der Waals surface area contributed by atoms with E-state index in [9.17, 15) is 4.79 Å². The van der Waals surface area contributed by atoms with Crippen LogP contribution in [0.3, 0.4) is 0 Å². The summed E-state index contributed by atoms with van der Waals surface area (Å²) in [6.07, 6.45) is 2.08. The lowest BCUT2D eigenvalue weighted by molar-refractivity contribution is -0.0272. The van der Waals surface area contributed by atoms with Crippen LogP contribution in [-0.2, 0) is 11.3 Å². The van der Waals surface area contributed by atoms with Crippen LogP contribution in [0.1, 0.15) is 40.6 Å². The highest BCUT2D eigenvalue weighted by Crippen LogP contribution is 2.33. The van der Waals surface area contributed by atoms with Crippen LogP contribution in [0.4, 0.5) is 0 Å². The topological polar surface area (TPSA) is 60.5 Å². The van der Waals surface area contributed by atoms with Gasteiger partial charge in [0.05, 0.1) is 17.3 Å². The fourth-order valence-corrected chi connectivity index (χ4v) is 4.13. The molecule has 2 atom stereocenters. The molecule has 2 aromatic carbocycles. The van der Waals surface area contributed by atoms with E-state index in [1.807, 2.05) is 35.7 Å². The molecule has 0 spiro atoms. The number of amides is 1. The van der Waals surface area contributed by atoms with Crippen LogP contribution in [0, 0.1) is 5.92 Å². The van der Waals surface area contributed by atoms with Crippen LogP contribution in [0.5, 0.6) is 5.75 Å². The van der Waals surface area contributed by atoms with E-state index < -0.39 is 0 Å². The lowest BCUT2D eigenvalue weighted by atomic mass is 9.89. The predicted molar refractivity (Wildman–Crippen MR) is 113 cm³/mol. The molecule has 1 saturated heterocycles. The number of nitrogens with zero attached hydrogens (tertiary/aromatic N) is 1. The van der Waals surface area contributed by atoms with Crippen LogP contribution in [0.25, 0.3) is 0 Å². The zero-order valence-corrected chi connectivity index (χ0v) is 16.9. The molecule has 3 aromatic rings. The molecule has 29 heavy (non-hydrogen) atoms. The first kappa shape index (κ1) is 19.6. The number of ether oxygens (including phenoxy) is 2. The van der Waals surface area contributed by atoms with Gasteiger partial charge in [-0.2, -0.15) is 0 Å². The molecule has 0 radical (unpaired) electrons. The molecule has 150 valence electrons. The third-order valence-electron chi connectivity index (χ3n) is 5.06. The summed E-state index contributed by atoms with van der Waals surface area (Å²) in [5.41, 5.74) is 4.42. The molecule has 0 saturated carbocycles. The van der Waals surface area contributed by atoms with E-state index in [1.165, 1.54) is 16.9 Å². The number of hydrogen-bond donors (Lipinski definition) is 1. The van der Waals surface area contributed by atoms with Gasteiger partial charge in [-0.1, -0.05) is 36.4 Å². The van der Waals surface area contributed by atoms with Gasteiger partial charge in [0.15, 0.2) is 0 Å². The Morgan fingerprint density at radius 1 is 1.21 bits per heavy atom. The van der Waals surface area contributed by atoms with E-state index >= 15 is 0 Å². The minimum absolute atomic E-state index is 0.0260. The smallest absolute Gasteiger partial charge is 0.251 e. The number of benzene rings is 2. The van der Waals surface area contributed by atoms with Crippen molar-refractivity contribution in [3.05, 3.63) is 82.3 Å².